The molecule has 19 heavy (non-hydrogen) atoms. The number of hydrazone groups is 1. The van der Waals surface area contributed by atoms with Crippen molar-refractivity contribution in [2.24, 2.45) is 15.3 Å². The summed E-state index contributed by atoms with van der Waals surface area (Å²) >= 11 is 0. The second kappa shape index (κ2) is 5.60. The highest BCUT2D eigenvalue weighted by Gasteiger charge is 2.22. The first-order valence-corrected chi connectivity index (χ1v) is 6.11. The first-order valence-electron chi connectivity index (χ1n) is 6.11. The van der Waals surface area contributed by atoms with Crippen LogP contribution in [-0.2, 0) is 4.79 Å². The number of amides is 1. The molecule has 0 N–H and O–H groups in total. The van der Waals surface area contributed by atoms with Crippen molar-refractivity contribution in [3.63, 3.8) is 0 Å². The second-order valence-electron chi connectivity index (χ2n) is 4.09. The molecule has 6 nitrogen and oxygen atoms in total. The Labute approximate surface area is 111 Å². The Kier molecular flexibility index (Phi) is 3.89. The van der Waals surface area contributed by atoms with E-state index in [0.29, 0.717) is 12.3 Å². The number of methoxy groups -OCH3 is 1. The van der Waals surface area contributed by atoms with E-state index in [2.05, 4.69) is 15.3 Å². The second-order valence-corrected chi connectivity index (χ2v) is 4.09. The molecular formula is C13H16N4O2. The van der Waals surface area contributed by atoms with Crippen LogP contribution in [0.2, 0.25) is 0 Å². The number of nitrogens with zero attached hydrogens (tertiary/aromatic N) is 4. The lowest BCUT2D eigenvalue weighted by Crippen LogP contribution is -2.35. The van der Waals surface area contributed by atoms with E-state index < -0.39 is 0 Å². The average Bonchev–Trinajstić information content (AvgIpc) is 2.47. The number of azo groups is 1. The monoisotopic (exact) mass is 260 g/mol. The van der Waals surface area contributed by atoms with Crippen molar-refractivity contribution in [1.82, 2.24) is 5.01 Å². The summed E-state index contributed by atoms with van der Waals surface area (Å²) in [5.74, 6) is 1.12. The first kappa shape index (κ1) is 13.2. The maximum absolute atomic E-state index is 11.8. The summed E-state index contributed by atoms with van der Waals surface area (Å²) in [5, 5.41) is 13.7. The van der Waals surface area contributed by atoms with Gasteiger partial charge in [-0.05, 0) is 31.2 Å². The molecule has 0 aliphatic carbocycles. The smallest absolute Gasteiger partial charge is 0.244 e. The molecule has 6 heteroatoms. The molecule has 1 atom stereocenters. The van der Waals surface area contributed by atoms with Crippen LogP contribution in [0.3, 0.4) is 0 Å². The third kappa shape index (κ3) is 2.78. The zero-order valence-corrected chi connectivity index (χ0v) is 11.2. The summed E-state index contributed by atoms with van der Waals surface area (Å²) in [7, 11) is 1.61. The molecule has 1 aliphatic heterocycles. The number of hydrogen-bond acceptors (Lipinski definition) is 5. The van der Waals surface area contributed by atoms with E-state index in [0.717, 1.165) is 11.3 Å². The summed E-state index contributed by atoms with van der Waals surface area (Å²) in [4.78, 5) is 11.8. The number of benzene rings is 1. The highest BCUT2D eigenvalue weighted by Crippen LogP contribution is 2.17. The van der Waals surface area contributed by atoms with Crippen LogP contribution in [0.25, 0.3) is 0 Å². The van der Waals surface area contributed by atoms with E-state index in [1.165, 1.54) is 5.01 Å². The third-order valence-electron chi connectivity index (χ3n) is 2.78. The van der Waals surface area contributed by atoms with Crippen molar-refractivity contribution in [2.75, 3.05) is 7.11 Å². The average molecular weight is 260 g/mol. The minimum atomic E-state index is -0.352. The van der Waals surface area contributed by atoms with Gasteiger partial charge in [0.1, 0.15) is 5.75 Å². The summed E-state index contributed by atoms with van der Waals surface area (Å²) in [6.07, 6.45) is 0.0358. The molecule has 0 bridgehead atoms. The van der Waals surface area contributed by atoms with Crippen molar-refractivity contribution in [3.05, 3.63) is 29.8 Å². The van der Waals surface area contributed by atoms with Crippen molar-refractivity contribution < 1.29 is 9.53 Å². The van der Waals surface area contributed by atoms with Crippen LogP contribution in [0.4, 0.5) is 0 Å². The van der Waals surface area contributed by atoms with Gasteiger partial charge < -0.3 is 4.74 Å². The standard InChI is InChI=1S/C13H16N4O2/c1-4-12(18)17-9(2)14-15-13(16-17)10-5-7-11(19-3)8-6-10/h5-9H,4H2,1-3H3. The van der Waals surface area contributed by atoms with Crippen molar-refractivity contribution >= 4 is 11.7 Å². The van der Waals surface area contributed by atoms with Gasteiger partial charge in [-0.25, -0.2) is 5.01 Å². The minimum absolute atomic E-state index is 0.0721. The van der Waals surface area contributed by atoms with Gasteiger partial charge in [0.15, 0.2) is 6.17 Å². The van der Waals surface area contributed by atoms with Gasteiger partial charge in [-0.1, -0.05) is 6.92 Å². The molecular weight excluding hydrogens is 244 g/mol. The molecule has 1 unspecified atom stereocenters. The van der Waals surface area contributed by atoms with Crippen LogP contribution in [0.5, 0.6) is 5.75 Å². The van der Waals surface area contributed by atoms with Gasteiger partial charge in [-0.3, -0.25) is 4.79 Å². The molecule has 0 spiro atoms. The summed E-state index contributed by atoms with van der Waals surface area (Å²) < 4.78 is 5.09. The van der Waals surface area contributed by atoms with Crippen molar-refractivity contribution in [3.8, 4) is 5.75 Å². The maximum atomic E-state index is 11.8. The maximum Gasteiger partial charge on any atom is 0.244 e. The Balaban J connectivity index is 2.28. The molecule has 0 fully saturated rings. The van der Waals surface area contributed by atoms with Crippen LogP contribution in [-0.4, -0.2) is 30.0 Å². The van der Waals surface area contributed by atoms with E-state index in [9.17, 15) is 4.79 Å². The molecule has 1 aliphatic rings. The van der Waals surface area contributed by atoms with Gasteiger partial charge >= 0.3 is 0 Å². The Morgan fingerprint density at radius 3 is 2.63 bits per heavy atom. The van der Waals surface area contributed by atoms with Crippen LogP contribution < -0.4 is 4.74 Å². The predicted molar refractivity (Wildman–Crippen MR) is 71.0 cm³/mol. The third-order valence-corrected chi connectivity index (χ3v) is 2.78. The molecule has 1 heterocycles. The Bertz CT molecular complexity index is 522. The fourth-order valence-electron chi connectivity index (χ4n) is 1.67. The lowest BCUT2D eigenvalue weighted by atomic mass is 10.2. The number of carbonyl (C=O) groups is 1. The van der Waals surface area contributed by atoms with Crippen LogP contribution in [0, 0.1) is 0 Å². The fourth-order valence-corrected chi connectivity index (χ4v) is 1.67. The molecule has 0 aromatic heterocycles. The minimum Gasteiger partial charge on any atom is -0.497 e. The number of hydrogen-bond donors (Lipinski definition) is 0. The molecule has 1 aromatic rings. The zero-order valence-electron chi connectivity index (χ0n) is 11.2. The Hall–Kier alpha value is -2.24. The molecule has 1 amide bonds. The van der Waals surface area contributed by atoms with E-state index in [1.807, 2.05) is 24.3 Å². The molecule has 2 rings (SSSR count). The first-order chi connectivity index (χ1) is 9.15. The topological polar surface area (TPSA) is 66.6 Å². The van der Waals surface area contributed by atoms with Gasteiger partial charge in [-0.15, -0.1) is 10.2 Å². The highest BCUT2D eigenvalue weighted by atomic mass is 16.5. The zero-order chi connectivity index (χ0) is 13.8. The molecule has 1 aromatic carbocycles. The van der Waals surface area contributed by atoms with Crippen molar-refractivity contribution in [2.45, 2.75) is 26.4 Å². The van der Waals surface area contributed by atoms with E-state index in [1.54, 1.807) is 21.0 Å². The largest absolute Gasteiger partial charge is 0.497 e. The number of ether oxygens (including phenoxy) is 1. The summed E-state index contributed by atoms with van der Waals surface area (Å²) in [6, 6.07) is 7.30. The Morgan fingerprint density at radius 1 is 1.37 bits per heavy atom. The summed E-state index contributed by atoms with van der Waals surface area (Å²) in [6.45, 7) is 3.58. The number of carbonyl (C=O) groups excluding carboxylic acids is 1. The van der Waals surface area contributed by atoms with E-state index in [-0.39, 0.29) is 12.1 Å². The molecule has 0 saturated carbocycles. The summed E-state index contributed by atoms with van der Waals surface area (Å²) in [5.41, 5.74) is 0.797. The van der Waals surface area contributed by atoms with Crippen molar-refractivity contribution in [1.29, 1.82) is 0 Å². The van der Waals surface area contributed by atoms with Gasteiger partial charge in [0.2, 0.25) is 11.7 Å². The van der Waals surface area contributed by atoms with Gasteiger partial charge in [0, 0.05) is 12.0 Å². The highest BCUT2D eigenvalue weighted by molar-refractivity contribution is 6.00. The van der Waals surface area contributed by atoms with Crippen LogP contribution in [0.1, 0.15) is 25.8 Å². The molecule has 0 radical (unpaired) electrons. The fraction of sp³-hybridized carbons (Fsp3) is 0.385. The van der Waals surface area contributed by atoms with Gasteiger partial charge in [0.05, 0.1) is 7.11 Å². The lowest BCUT2D eigenvalue weighted by molar-refractivity contribution is -0.133. The van der Waals surface area contributed by atoms with Gasteiger partial charge in [-0.2, -0.15) is 5.11 Å². The van der Waals surface area contributed by atoms with Gasteiger partial charge in [0.25, 0.3) is 0 Å². The molecule has 100 valence electrons. The normalized spacial score (nSPS) is 18.2. The number of rotatable bonds is 3. The van der Waals surface area contributed by atoms with Crippen LogP contribution in [0.15, 0.2) is 39.6 Å². The van der Waals surface area contributed by atoms with E-state index >= 15 is 0 Å². The number of amidine groups is 1. The predicted octanol–water partition coefficient (Wildman–Crippen LogP) is 2.41. The molecule has 0 saturated heterocycles. The SMILES string of the molecule is CCC(=O)N1N=C(c2ccc(OC)cc2)N=NC1C. The Morgan fingerprint density at radius 2 is 2.05 bits per heavy atom. The quantitative estimate of drug-likeness (QED) is 0.837. The van der Waals surface area contributed by atoms with E-state index in [4.69, 9.17) is 4.74 Å². The lowest BCUT2D eigenvalue weighted by Gasteiger charge is -2.23. The van der Waals surface area contributed by atoms with Crippen LogP contribution >= 0.6 is 0 Å².